The Morgan fingerprint density at radius 3 is 2.12 bits per heavy atom. The summed E-state index contributed by atoms with van der Waals surface area (Å²) in [6.07, 6.45) is 1.02. The number of allylic oxidation sites excluding steroid dienone is 1. The van der Waals surface area contributed by atoms with Crippen molar-refractivity contribution in [1.82, 2.24) is 0 Å². The first-order valence-electron chi connectivity index (χ1n) is 8.35. The van der Waals surface area contributed by atoms with Gasteiger partial charge in [0.1, 0.15) is 16.9 Å². The van der Waals surface area contributed by atoms with Gasteiger partial charge in [-0.15, -0.1) is 0 Å². The topological polar surface area (TPSA) is 67.5 Å². The van der Waals surface area contributed by atoms with Gasteiger partial charge in [0.05, 0.1) is 0 Å². The first-order valence-corrected chi connectivity index (χ1v) is 8.35. The summed E-state index contributed by atoms with van der Waals surface area (Å²) in [5.41, 5.74) is 1.61. The average Bonchev–Trinajstić information content (AvgIpc) is 2.42. The molecule has 134 valence electrons. The van der Waals surface area contributed by atoms with Crippen molar-refractivity contribution < 1.29 is 14.3 Å². The number of rotatable bonds is 2. The summed E-state index contributed by atoms with van der Waals surface area (Å²) < 4.78 is 5.55. The molecule has 1 aromatic carbocycles. The first kappa shape index (κ1) is 19.0. The van der Waals surface area contributed by atoms with Crippen molar-refractivity contribution in [2.45, 2.75) is 59.3 Å². The standard InChI is InChI=1S/C21H26O4/c1-12(22)8-17(23)15-10-13-9-14(20(2,3)4)11-16(21(5,6)7)18(13)25-19(15)24/h8-11,23H,1-7H3/b17-8-. The van der Waals surface area contributed by atoms with Gasteiger partial charge in [0.2, 0.25) is 0 Å². The van der Waals surface area contributed by atoms with Crippen LogP contribution in [0.3, 0.4) is 0 Å². The van der Waals surface area contributed by atoms with Crippen LogP contribution in [0.1, 0.15) is 65.2 Å². The van der Waals surface area contributed by atoms with Crippen molar-refractivity contribution in [1.29, 1.82) is 0 Å². The fourth-order valence-corrected chi connectivity index (χ4v) is 2.67. The second-order valence-corrected chi connectivity index (χ2v) is 8.53. The molecule has 0 aliphatic heterocycles. The summed E-state index contributed by atoms with van der Waals surface area (Å²) in [6.45, 7) is 13.9. The van der Waals surface area contributed by atoms with Crippen molar-refractivity contribution in [3.8, 4) is 0 Å². The Labute approximate surface area is 148 Å². The monoisotopic (exact) mass is 342 g/mol. The van der Waals surface area contributed by atoms with E-state index in [2.05, 4.69) is 47.6 Å². The molecule has 1 heterocycles. The van der Waals surface area contributed by atoms with Crippen molar-refractivity contribution in [2.75, 3.05) is 0 Å². The molecule has 0 amide bonds. The van der Waals surface area contributed by atoms with Gasteiger partial charge in [0.25, 0.3) is 0 Å². The number of hydrogen-bond donors (Lipinski definition) is 1. The lowest BCUT2D eigenvalue weighted by atomic mass is 9.79. The van der Waals surface area contributed by atoms with Crippen LogP contribution in [0.5, 0.6) is 0 Å². The highest BCUT2D eigenvalue weighted by molar-refractivity contribution is 5.94. The molecule has 0 fully saturated rings. The summed E-state index contributed by atoms with van der Waals surface area (Å²) in [7, 11) is 0. The van der Waals surface area contributed by atoms with Crippen LogP contribution in [-0.2, 0) is 15.6 Å². The number of hydrogen-bond acceptors (Lipinski definition) is 4. The predicted octanol–water partition coefficient (Wildman–Crippen LogP) is 4.88. The molecule has 0 aliphatic carbocycles. The van der Waals surface area contributed by atoms with E-state index in [4.69, 9.17) is 4.42 Å². The van der Waals surface area contributed by atoms with Gasteiger partial charge in [-0.3, -0.25) is 4.79 Å². The van der Waals surface area contributed by atoms with Crippen LogP contribution >= 0.6 is 0 Å². The van der Waals surface area contributed by atoms with E-state index in [1.165, 1.54) is 6.92 Å². The molecule has 0 aliphatic rings. The smallest absolute Gasteiger partial charge is 0.347 e. The predicted molar refractivity (Wildman–Crippen MR) is 101 cm³/mol. The molecular formula is C21H26O4. The minimum atomic E-state index is -0.656. The van der Waals surface area contributed by atoms with Gasteiger partial charge in [0.15, 0.2) is 5.78 Å². The van der Waals surface area contributed by atoms with E-state index in [1.807, 2.05) is 6.07 Å². The molecular weight excluding hydrogens is 316 g/mol. The van der Waals surface area contributed by atoms with Crippen LogP contribution in [0.15, 0.2) is 33.5 Å². The Hall–Kier alpha value is -2.36. The summed E-state index contributed by atoms with van der Waals surface area (Å²) in [5.74, 6) is -0.711. The molecule has 1 aromatic heterocycles. The van der Waals surface area contributed by atoms with E-state index in [0.717, 1.165) is 22.6 Å². The van der Waals surface area contributed by atoms with E-state index in [0.29, 0.717) is 5.58 Å². The lowest BCUT2D eigenvalue weighted by molar-refractivity contribution is -0.112. The van der Waals surface area contributed by atoms with Crippen LogP contribution in [0, 0.1) is 0 Å². The zero-order valence-electron chi connectivity index (χ0n) is 16.0. The second kappa shape index (κ2) is 6.17. The minimum Gasteiger partial charge on any atom is -0.507 e. The van der Waals surface area contributed by atoms with E-state index in [-0.39, 0.29) is 27.9 Å². The molecule has 2 aromatic rings. The van der Waals surface area contributed by atoms with Crippen molar-refractivity contribution in [3.05, 3.63) is 51.4 Å². The van der Waals surface area contributed by atoms with Crippen LogP contribution in [-0.4, -0.2) is 10.9 Å². The second-order valence-electron chi connectivity index (χ2n) is 8.53. The van der Waals surface area contributed by atoms with Gasteiger partial charge in [0, 0.05) is 17.0 Å². The molecule has 0 radical (unpaired) electrons. The normalized spacial score (nSPS) is 13.3. The third-order valence-electron chi connectivity index (χ3n) is 4.12. The quantitative estimate of drug-likeness (QED) is 0.480. The molecule has 4 nitrogen and oxygen atoms in total. The van der Waals surface area contributed by atoms with Gasteiger partial charge < -0.3 is 9.52 Å². The van der Waals surface area contributed by atoms with Gasteiger partial charge >= 0.3 is 5.63 Å². The number of aliphatic hydroxyl groups is 1. The summed E-state index contributed by atoms with van der Waals surface area (Å²) >= 11 is 0. The Kier molecular flexibility index (Phi) is 4.69. The molecule has 2 rings (SSSR count). The molecule has 0 unspecified atom stereocenters. The molecule has 1 N–H and O–H groups in total. The van der Waals surface area contributed by atoms with E-state index in [1.54, 1.807) is 6.07 Å². The number of benzene rings is 1. The molecule has 0 saturated carbocycles. The maximum Gasteiger partial charge on any atom is 0.347 e. The highest BCUT2D eigenvalue weighted by atomic mass is 16.4. The van der Waals surface area contributed by atoms with E-state index < -0.39 is 5.63 Å². The van der Waals surface area contributed by atoms with E-state index >= 15 is 0 Å². The maximum absolute atomic E-state index is 12.3. The molecule has 25 heavy (non-hydrogen) atoms. The highest BCUT2D eigenvalue weighted by Gasteiger charge is 2.24. The molecule has 0 saturated heterocycles. The number of fused-ring (bicyclic) bond motifs is 1. The third kappa shape index (κ3) is 4.01. The van der Waals surface area contributed by atoms with Gasteiger partial charge in [-0.2, -0.15) is 0 Å². The van der Waals surface area contributed by atoms with Gasteiger partial charge in [-0.05, 0) is 35.4 Å². The fraction of sp³-hybridized carbons (Fsp3) is 0.429. The third-order valence-corrected chi connectivity index (χ3v) is 4.12. The molecule has 0 bridgehead atoms. The number of ketones is 1. The SMILES string of the molecule is CC(=O)/C=C(\O)c1cc2cc(C(C)(C)C)cc(C(C)(C)C)c2oc1=O. The largest absolute Gasteiger partial charge is 0.507 e. The van der Waals surface area contributed by atoms with Crippen LogP contribution in [0.2, 0.25) is 0 Å². The zero-order chi connectivity index (χ0) is 19.2. The Morgan fingerprint density at radius 2 is 1.64 bits per heavy atom. The van der Waals surface area contributed by atoms with Crippen molar-refractivity contribution in [2.24, 2.45) is 0 Å². The number of carbonyl (C=O) groups excluding carboxylic acids is 1. The summed E-state index contributed by atoms with van der Waals surface area (Å²) in [5, 5.41) is 10.8. The van der Waals surface area contributed by atoms with Gasteiger partial charge in [-0.1, -0.05) is 47.6 Å². The molecule has 4 heteroatoms. The Balaban J connectivity index is 2.90. The van der Waals surface area contributed by atoms with Crippen molar-refractivity contribution >= 4 is 22.5 Å². The first-order chi connectivity index (χ1) is 11.3. The molecule has 0 spiro atoms. The van der Waals surface area contributed by atoms with Crippen LogP contribution < -0.4 is 5.63 Å². The summed E-state index contributed by atoms with van der Waals surface area (Å²) in [4.78, 5) is 23.5. The van der Waals surface area contributed by atoms with Gasteiger partial charge in [-0.25, -0.2) is 4.79 Å². The maximum atomic E-state index is 12.3. The average molecular weight is 342 g/mol. The highest BCUT2D eigenvalue weighted by Crippen LogP contribution is 2.35. The van der Waals surface area contributed by atoms with E-state index in [9.17, 15) is 14.7 Å². The van der Waals surface area contributed by atoms with Crippen molar-refractivity contribution in [3.63, 3.8) is 0 Å². The zero-order valence-corrected chi connectivity index (χ0v) is 16.0. The fourth-order valence-electron chi connectivity index (χ4n) is 2.67. The number of carbonyl (C=O) groups is 1. The Morgan fingerprint density at radius 1 is 1.04 bits per heavy atom. The lowest BCUT2D eigenvalue weighted by Gasteiger charge is -2.26. The molecule has 0 atom stereocenters. The Bertz CT molecular complexity index is 916. The van der Waals surface area contributed by atoms with Crippen LogP contribution in [0.4, 0.5) is 0 Å². The lowest BCUT2D eigenvalue weighted by Crippen LogP contribution is -2.18. The minimum absolute atomic E-state index is 0.00591. The number of aliphatic hydroxyl groups excluding tert-OH is 1. The van der Waals surface area contributed by atoms with Crippen LogP contribution in [0.25, 0.3) is 16.7 Å². The summed E-state index contributed by atoms with van der Waals surface area (Å²) in [6, 6.07) is 5.65.